The second kappa shape index (κ2) is 2.62. The van der Waals surface area contributed by atoms with Gasteiger partial charge >= 0.3 is 0 Å². The summed E-state index contributed by atoms with van der Waals surface area (Å²) in [7, 11) is 0. The van der Waals surface area contributed by atoms with E-state index in [2.05, 4.69) is 18.5 Å². The van der Waals surface area contributed by atoms with E-state index in [0.717, 1.165) is 13.0 Å². The first-order valence-corrected chi connectivity index (χ1v) is 3.71. The molecule has 0 aromatic rings. The van der Waals surface area contributed by atoms with E-state index < -0.39 is 5.54 Å². The molecule has 0 spiro atoms. The zero-order chi connectivity index (χ0) is 8.48. The summed E-state index contributed by atoms with van der Waals surface area (Å²) in [5.74, 6) is 0.0683. The van der Waals surface area contributed by atoms with Gasteiger partial charge in [-0.2, -0.15) is 0 Å². The molecule has 0 bridgehead atoms. The van der Waals surface area contributed by atoms with Gasteiger partial charge in [-0.3, -0.25) is 4.79 Å². The van der Waals surface area contributed by atoms with E-state index >= 15 is 0 Å². The number of nitrogens with one attached hydrogen (secondary N) is 1. The molecule has 60 valence electrons. The first-order valence-electron chi connectivity index (χ1n) is 3.71. The molecule has 1 aliphatic rings. The lowest BCUT2D eigenvalue weighted by molar-refractivity contribution is -0.122. The highest BCUT2D eigenvalue weighted by Gasteiger charge is 2.40. The summed E-state index contributed by atoms with van der Waals surface area (Å²) in [4.78, 5) is 11.4. The number of carbonyl (C=O) groups is 1. The molecule has 2 heteroatoms. The van der Waals surface area contributed by atoms with Crippen LogP contribution < -0.4 is 5.32 Å². The molecule has 1 heterocycles. The minimum absolute atomic E-state index is 0.0683. The Balaban J connectivity index is 2.77. The third-order valence-corrected chi connectivity index (χ3v) is 2.10. The van der Waals surface area contributed by atoms with Crippen molar-refractivity contribution in [3.63, 3.8) is 0 Å². The molecular weight excluding hydrogens is 138 g/mol. The van der Waals surface area contributed by atoms with Gasteiger partial charge in [-0.1, -0.05) is 12.7 Å². The smallest absolute Gasteiger partial charge is 0.181 e. The van der Waals surface area contributed by atoms with Gasteiger partial charge in [0.25, 0.3) is 0 Å². The van der Waals surface area contributed by atoms with Gasteiger partial charge in [0.2, 0.25) is 0 Å². The molecule has 1 saturated heterocycles. The minimum Gasteiger partial charge on any atom is -0.301 e. The zero-order valence-corrected chi connectivity index (χ0v) is 6.81. The maximum Gasteiger partial charge on any atom is 0.181 e. The Bertz CT molecular complexity index is 214. The van der Waals surface area contributed by atoms with Gasteiger partial charge in [-0.05, 0) is 25.5 Å². The van der Waals surface area contributed by atoms with Crippen LogP contribution in [0.1, 0.15) is 13.3 Å². The molecule has 1 aliphatic heterocycles. The van der Waals surface area contributed by atoms with Crippen molar-refractivity contribution in [2.45, 2.75) is 18.9 Å². The average molecular weight is 151 g/mol. The third-order valence-electron chi connectivity index (χ3n) is 2.10. The average Bonchev–Trinajstić information content (AvgIpc) is 1.86. The number of hydrogen-bond donors (Lipinski definition) is 1. The topological polar surface area (TPSA) is 29.1 Å². The molecule has 1 fully saturated rings. The lowest BCUT2D eigenvalue weighted by atomic mass is 9.81. The van der Waals surface area contributed by atoms with Crippen LogP contribution in [-0.4, -0.2) is 17.9 Å². The van der Waals surface area contributed by atoms with Crippen LogP contribution in [0, 0.1) is 0 Å². The van der Waals surface area contributed by atoms with Crippen LogP contribution in [0.5, 0.6) is 0 Å². The molecule has 0 aliphatic carbocycles. The van der Waals surface area contributed by atoms with Crippen molar-refractivity contribution in [1.29, 1.82) is 0 Å². The van der Waals surface area contributed by atoms with Gasteiger partial charge in [-0.25, -0.2) is 0 Å². The van der Waals surface area contributed by atoms with E-state index in [-0.39, 0.29) is 5.78 Å². The predicted octanol–water partition coefficient (Wildman–Crippen LogP) is 1.05. The Morgan fingerprint density at radius 2 is 2.27 bits per heavy atom. The van der Waals surface area contributed by atoms with Crippen LogP contribution >= 0.6 is 0 Å². The molecule has 0 amide bonds. The monoisotopic (exact) mass is 151 g/mol. The summed E-state index contributed by atoms with van der Waals surface area (Å²) in [6.45, 7) is 9.87. The Morgan fingerprint density at radius 3 is 2.36 bits per heavy atom. The number of hydrogen-bond acceptors (Lipinski definition) is 2. The van der Waals surface area contributed by atoms with Crippen molar-refractivity contribution in [3.8, 4) is 0 Å². The second-order valence-electron chi connectivity index (χ2n) is 2.96. The van der Waals surface area contributed by atoms with Crippen molar-refractivity contribution in [1.82, 2.24) is 5.32 Å². The molecular formula is C9H13NO. The highest BCUT2D eigenvalue weighted by atomic mass is 16.1. The van der Waals surface area contributed by atoms with E-state index in [0.29, 0.717) is 5.57 Å². The largest absolute Gasteiger partial charge is 0.301 e. The molecule has 11 heavy (non-hydrogen) atoms. The summed E-state index contributed by atoms with van der Waals surface area (Å²) in [5.41, 5.74) is 0.114. The normalized spacial score (nSPS) is 28.8. The Labute approximate surface area is 67.0 Å². The standard InChI is InChI=1S/C9H13NO/c1-4-9(5-6-10-9)8(11)7(2)3/h4,10H,1-2,5-6H2,3H3. The van der Waals surface area contributed by atoms with Gasteiger partial charge in [0.15, 0.2) is 5.78 Å². The molecule has 1 atom stereocenters. The molecule has 0 radical (unpaired) electrons. The summed E-state index contributed by atoms with van der Waals surface area (Å²) in [5, 5.41) is 3.06. The zero-order valence-electron chi connectivity index (χ0n) is 6.81. The van der Waals surface area contributed by atoms with Crippen LogP contribution in [-0.2, 0) is 4.79 Å². The van der Waals surface area contributed by atoms with Gasteiger partial charge in [0.1, 0.15) is 5.54 Å². The number of rotatable bonds is 3. The molecule has 1 unspecified atom stereocenters. The van der Waals surface area contributed by atoms with E-state index in [1.54, 1.807) is 13.0 Å². The molecule has 1 rings (SSSR count). The van der Waals surface area contributed by atoms with Crippen LogP contribution in [0.15, 0.2) is 24.8 Å². The lowest BCUT2D eigenvalue weighted by Crippen LogP contribution is -2.60. The Kier molecular flexibility index (Phi) is 1.96. The number of ketones is 1. The fourth-order valence-corrected chi connectivity index (χ4v) is 1.24. The van der Waals surface area contributed by atoms with E-state index in [1.807, 2.05) is 0 Å². The maximum absolute atomic E-state index is 11.4. The van der Waals surface area contributed by atoms with Crippen molar-refractivity contribution in [3.05, 3.63) is 24.8 Å². The lowest BCUT2D eigenvalue weighted by Gasteiger charge is -2.39. The fraction of sp³-hybridized carbons (Fsp3) is 0.444. The molecule has 0 saturated carbocycles. The first kappa shape index (κ1) is 8.21. The minimum atomic E-state index is -0.480. The van der Waals surface area contributed by atoms with Gasteiger partial charge in [-0.15, -0.1) is 6.58 Å². The first-order chi connectivity index (χ1) is 5.12. The van der Waals surface area contributed by atoms with E-state index in [4.69, 9.17) is 0 Å². The fourth-order valence-electron chi connectivity index (χ4n) is 1.24. The Morgan fingerprint density at radius 1 is 1.73 bits per heavy atom. The summed E-state index contributed by atoms with van der Waals surface area (Å²) in [6.07, 6.45) is 2.52. The molecule has 0 aromatic heterocycles. The predicted molar refractivity (Wildman–Crippen MR) is 45.4 cm³/mol. The third kappa shape index (κ3) is 1.14. The van der Waals surface area contributed by atoms with Gasteiger partial charge in [0, 0.05) is 0 Å². The molecule has 1 N–H and O–H groups in total. The summed E-state index contributed by atoms with van der Waals surface area (Å²) < 4.78 is 0. The van der Waals surface area contributed by atoms with Gasteiger partial charge < -0.3 is 5.32 Å². The highest BCUT2D eigenvalue weighted by Crippen LogP contribution is 2.23. The van der Waals surface area contributed by atoms with E-state index in [1.165, 1.54) is 0 Å². The molecule has 2 nitrogen and oxygen atoms in total. The van der Waals surface area contributed by atoms with Crippen LogP contribution in [0.4, 0.5) is 0 Å². The van der Waals surface area contributed by atoms with Crippen molar-refractivity contribution in [2.24, 2.45) is 0 Å². The summed E-state index contributed by atoms with van der Waals surface area (Å²) >= 11 is 0. The Hall–Kier alpha value is -0.890. The number of Topliss-reactive ketones (excluding diaryl/α,β-unsaturated/α-hetero) is 1. The van der Waals surface area contributed by atoms with Crippen LogP contribution in [0.3, 0.4) is 0 Å². The highest BCUT2D eigenvalue weighted by molar-refractivity contribution is 6.03. The quantitative estimate of drug-likeness (QED) is 0.482. The maximum atomic E-state index is 11.4. The van der Waals surface area contributed by atoms with Crippen molar-refractivity contribution >= 4 is 5.78 Å². The van der Waals surface area contributed by atoms with Crippen molar-refractivity contribution in [2.75, 3.05) is 6.54 Å². The van der Waals surface area contributed by atoms with Crippen LogP contribution in [0.2, 0.25) is 0 Å². The van der Waals surface area contributed by atoms with Crippen molar-refractivity contribution < 1.29 is 4.79 Å². The van der Waals surface area contributed by atoms with E-state index in [9.17, 15) is 4.79 Å². The summed E-state index contributed by atoms with van der Waals surface area (Å²) in [6, 6.07) is 0. The molecule has 0 aromatic carbocycles. The second-order valence-corrected chi connectivity index (χ2v) is 2.96. The number of carbonyl (C=O) groups excluding carboxylic acids is 1. The van der Waals surface area contributed by atoms with Crippen LogP contribution in [0.25, 0.3) is 0 Å². The van der Waals surface area contributed by atoms with Gasteiger partial charge in [0.05, 0.1) is 0 Å². The SMILES string of the molecule is C=CC1(C(=O)C(=C)C)CCN1.